The molecular formula is C10H20N2O3. The average molecular weight is 216 g/mol. The fraction of sp³-hybridized carbons (Fsp3) is 0.800. The summed E-state index contributed by atoms with van der Waals surface area (Å²) in [5.41, 5.74) is 0. The van der Waals surface area contributed by atoms with E-state index < -0.39 is 0 Å². The molecule has 0 aromatic carbocycles. The van der Waals surface area contributed by atoms with Gasteiger partial charge >= 0.3 is 5.97 Å². The minimum Gasteiger partial charge on any atom is -0.469 e. The fourth-order valence-corrected chi connectivity index (χ4v) is 1.25. The second-order valence-electron chi connectivity index (χ2n) is 3.43. The van der Waals surface area contributed by atoms with Crippen molar-refractivity contribution in [3.05, 3.63) is 0 Å². The molecule has 88 valence electrons. The second-order valence-corrected chi connectivity index (χ2v) is 3.43. The summed E-state index contributed by atoms with van der Waals surface area (Å²) in [5, 5.41) is 2.55. The molecule has 15 heavy (non-hydrogen) atoms. The van der Waals surface area contributed by atoms with Crippen LogP contribution in [0.2, 0.25) is 0 Å². The van der Waals surface area contributed by atoms with E-state index in [1.807, 2.05) is 11.8 Å². The smallest absolute Gasteiger partial charge is 0.309 e. The van der Waals surface area contributed by atoms with Crippen molar-refractivity contribution in [1.29, 1.82) is 0 Å². The number of likely N-dealkylation sites (N-methyl/N-ethyl adjacent to an activating group) is 2. The average Bonchev–Trinajstić information content (AvgIpc) is 2.26. The molecule has 0 radical (unpaired) electrons. The van der Waals surface area contributed by atoms with Gasteiger partial charge in [0.25, 0.3) is 0 Å². The Hall–Kier alpha value is -1.10. The number of nitrogens with one attached hydrogen (secondary N) is 1. The number of carbonyl (C=O) groups excluding carboxylic acids is 2. The molecule has 0 aliphatic heterocycles. The van der Waals surface area contributed by atoms with Crippen LogP contribution >= 0.6 is 0 Å². The van der Waals surface area contributed by atoms with Gasteiger partial charge < -0.3 is 10.1 Å². The molecule has 1 amide bonds. The highest BCUT2D eigenvalue weighted by Crippen LogP contribution is 2.01. The summed E-state index contributed by atoms with van der Waals surface area (Å²) < 4.78 is 4.62. The number of esters is 1. The first kappa shape index (κ1) is 13.9. The van der Waals surface area contributed by atoms with Crippen LogP contribution in [0.25, 0.3) is 0 Å². The highest BCUT2D eigenvalue weighted by molar-refractivity contribution is 5.77. The summed E-state index contributed by atoms with van der Waals surface area (Å²) in [7, 11) is 2.97. The van der Waals surface area contributed by atoms with Crippen molar-refractivity contribution >= 4 is 11.9 Å². The van der Waals surface area contributed by atoms with Gasteiger partial charge in [-0.3, -0.25) is 14.5 Å². The van der Waals surface area contributed by atoms with E-state index in [0.29, 0.717) is 13.1 Å². The summed E-state index contributed by atoms with van der Waals surface area (Å²) >= 11 is 0. The van der Waals surface area contributed by atoms with Crippen LogP contribution in [0, 0.1) is 5.92 Å². The van der Waals surface area contributed by atoms with Crippen molar-refractivity contribution in [2.75, 3.05) is 33.8 Å². The second kappa shape index (κ2) is 7.23. The maximum Gasteiger partial charge on any atom is 0.309 e. The summed E-state index contributed by atoms with van der Waals surface area (Å²) in [6.07, 6.45) is 0. The number of hydrogen-bond acceptors (Lipinski definition) is 4. The van der Waals surface area contributed by atoms with Gasteiger partial charge in [-0.15, -0.1) is 0 Å². The highest BCUT2D eigenvalue weighted by Gasteiger charge is 2.17. The molecule has 0 aromatic heterocycles. The Morgan fingerprint density at radius 1 is 1.47 bits per heavy atom. The van der Waals surface area contributed by atoms with E-state index in [-0.39, 0.29) is 17.8 Å². The molecular weight excluding hydrogens is 196 g/mol. The number of carbonyl (C=O) groups is 2. The first-order chi connectivity index (χ1) is 7.04. The molecule has 0 rings (SSSR count). The molecule has 1 atom stereocenters. The Labute approximate surface area is 90.8 Å². The van der Waals surface area contributed by atoms with Crippen molar-refractivity contribution < 1.29 is 14.3 Å². The van der Waals surface area contributed by atoms with Gasteiger partial charge in [-0.1, -0.05) is 13.8 Å². The predicted octanol–water partition coefficient (Wildman–Crippen LogP) is -0.137. The zero-order chi connectivity index (χ0) is 11.8. The summed E-state index contributed by atoms with van der Waals surface area (Å²) in [5.74, 6) is -0.501. The van der Waals surface area contributed by atoms with E-state index in [1.54, 1.807) is 14.0 Å². The molecule has 5 nitrogen and oxygen atoms in total. The van der Waals surface area contributed by atoms with Crippen LogP contribution in [0.3, 0.4) is 0 Å². The lowest BCUT2D eigenvalue weighted by Crippen LogP contribution is -2.39. The van der Waals surface area contributed by atoms with Crippen molar-refractivity contribution in [3.8, 4) is 0 Å². The largest absolute Gasteiger partial charge is 0.469 e. The van der Waals surface area contributed by atoms with Crippen LogP contribution in [-0.2, 0) is 14.3 Å². The molecule has 0 spiro atoms. The van der Waals surface area contributed by atoms with Gasteiger partial charge in [0.05, 0.1) is 19.6 Å². The number of nitrogens with zero attached hydrogens (tertiary/aromatic N) is 1. The summed E-state index contributed by atoms with van der Waals surface area (Å²) in [6, 6.07) is 0. The third kappa shape index (κ3) is 5.37. The first-order valence-corrected chi connectivity index (χ1v) is 5.05. The van der Waals surface area contributed by atoms with Gasteiger partial charge in [0.1, 0.15) is 0 Å². The number of ether oxygens (including phenoxy) is 1. The predicted molar refractivity (Wildman–Crippen MR) is 57.4 cm³/mol. The van der Waals surface area contributed by atoms with Crippen LogP contribution in [-0.4, -0.2) is 50.6 Å². The molecule has 0 saturated carbocycles. The summed E-state index contributed by atoms with van der Waals surface area (Å²) in [4.78, 5) is 24.2. The van der Waals surface area contributed by atoms with Crippen LogP contribution in [0.4, 0.5) is 0 Å². The number of rotatable bonds is 6. The quantitative estimate of drug-likeness (QED) is 0.628. The number of hydrogen-bond donors (Lipinski definition) is 1. The van der Waals surface area contributed by atoms with Crippen molar-refractivity contribution in [2.24, 2.45) is 5.92 Å². The Morgan fingerprint density at radius 2 is 2.07 bits per heavy atom. The topological polar surface area (TPSA) is 58.6 Å². The van der Waals surface area contributed by atoms with Gasteiger partial charge in [-0.2, -0.15) is 0 Å². The van der Waals surface area contributed by atoms with Crippen LogP contribution < -0.4 is 5.32 Å². The fourth-order valence-electron chi connectivity index (χ4n) is 1.25. The maximum atomic E-state index is 11.2. The van der Waals surface area contributed by atoms with Gasteiger partial charge in [0, 0.05) is 13.6 Å². The van der Waals surface area contributed by atoms with E-state index in [1.165, 1.54) is 7.11 Å². The SMILES string of the molecule is CCN(CC(=O)NC)CC(C)C(=O)OC. The molecule has 1 unspecified atom stereocenters. The Kier molecular flexibility index (Phi) is 6.70. The van der Waals surface area contributed by atoms with Gasteiger partial charge in [0.15, 0.2) is 0 Å². The summed E-state index contributed by atoms with van der Waals surface area (Å²) in [6.45, 7) is 5.32. The normalized spacial score (nSPS) is 12.3. The molecule has 5 heteroatoms. The monoisotopic (exact) mass is 216 g/mol. The molecule has 0 fully saturated rings. The van der Waals surface area contributed by atoms with Crippen molar-refractivity contribution in [3.63, 3.8) is 0 Å². The number of methoxy groups -OCH3 is 1. The Balaban J connectivity index is 4.09. The van der Waals surface area contributed by atoms with E-state index in [2.05, 4.69) is 10.1 Å². The lowest BCUT2D eigenvalue weighted by atomic mass is 10.1. The van der Waals surface area contributed by atoms with E-state index in [4.69, 9.17) is 0 Å². The van der Waals surface area contributed by atoms with Crippen LogP contribution in [0.15, 0.2) is 0 Å². The lowest BCUT2D eigenvalue weighted by molar-refractivity contribution is -0.145. The van der Waals surface area contributed by atoms with Crippen LogP contribution in [0.5, 0.6) is 0 Å². The van der Waals surface area contributed by atoms with Crippen molar-refractivity contribution in [1.82, 2.24) is 10.2 Å². The van der Waals surface area contributed by atoms with Crippen molar-refractivity contribution in [2.45, 2.75) is 13.8 Å². The van der Waals surface area contributed by atoms with Gasteiger partial charge in [-0.05, 0) is 6.54 Å². The third-order valence-corrected chi connectivity index (χ3v) is 2.23. The van der Waals surface area contributed by atoms with Gasteiger partial charge in [0.2, 0.25) is 5.91 Å². The standard InChI is InChI=1S/C10H20N2O3/c1-5-12(7-9(13)11-3)6-8(2)10(14)15-4/h8H,5-7H2,1-4H3,(H,11,13). The third-order valence-electron chi connectivity index (χ3n) is 2.23. The minimum absolute atomic E-state index is 0.0473. The first-order valence-electron chi connectivity index (χ1n) is 5.05. The number of amides is 1. The molecule has 0 aliphatic rings. The minimum atomic E-state index is -0.245. The van der Waals surface area contributed by atoms with E-state index in [0.717, 1.165) is 6.54 Å². The molecule has 0 heterocycles. The highest BCUT2D eigenvalue weighted by atomic mass is 16.5. The molecule has 0 aromatic rings. The maximum absolute atomic E-state index is 11.2. The van der Waals surface area contributed by atoms with E-state index >= 15 is 0 Å². The zero-order valence-electron chi connectivity index (χ0n) is 9.87. The molecule has 1 N–H and O–H groups in total. The molecule has 0 bridgehead atoms. The Bertz CT molecular complexity index is 219. The molecule has 0 aliphatic carbocycles. The molecule has 0 saturated heterocycles. The Morgan fingerprint density at radius 3 is 2.47 bits per heavy atom. The van der Waals surface area contributed by atoms with E-state index in [9.17, 15) is 9.59 Å². The van der Waals surface area contributed by atoms with Gasteiger partial charge in [-0.25, -0.2) is 0 Å². The zero-order valence-corrected chi connectivity index (χ0v) is 9.87. The van der Waals surface area contributed by atoms with Crippen LogP contribution in [0.1, 0.15) is 13.8 Å². The lowest BCUT2D eigenvalue weighted by Gasteiger charge is -2.21.